The van der Waals surface area contributed by atoms with E-state index in [-0.39, 0.29) is 14.9 Å². The second-order valence-electron chi connectivity index (χ2n) is 4.63. The Morgan fingerprint density at radius 1 is 1.47 bits per heavy atom. The molecule has 0 unspecified atom stereocenters. The molecule has 0 aliphatic rings. The molecule has 1 aromatic heterocycles. The van der Waals surface area contributed by atoms with Crippen molar-refractivity contribution >= 4 is 32.0 Å². The molecule has 0 atom stereocenters. The molecule has 1 rings (SSSR count). The summed E-state index contributed by atoms with van der Waals surface area (Å²) in [5.74, 6) is 0. The van der Waals surface area contributed by atoms with E-state index in [2.05, 4.69) is 10.0 Å². The van der Waals surface area contributed by atoms with Gasteiger partial charge >= 0.3 is 5.69 Å². The maximum absolute atomic E-state index is 12.2. The minimum atomic E-state index is -3.75. The Hall–Kier alpha value is -1.19. The molecule has 0 aromatic carbocycles. The van der Waals surface area contributed by atoms with E-state index in [4.69, 9.17) is 0 Å². The molecule has 0 aliphatic carbocycles. The Balaban J connectivity index is 3.20. The van der Waals surface area contributed by atoms with Crippen molar-refractivity contribution in [3.63, 3.8) is 0 Å². The maximum Gasteiger partial charge on any atom is 0.304 e. The molecule has 0 fully saturated rings. The largest absolute Gasteiger partial charge is 0.374 e. The molecule has 9 heteroatoms. The molecule has 0 aliphatic heterocycles. The normalized spacial score (nSPS) is 12.4. The van der Waals surface area contributed by atoms with Gasteiger partial charge in [-0.25, -0.2) is 13.1 Å². The summed E-state index contributed by atoms with van der Waals surface area (Å²) in [5.41, 5.74) is -0.834. The lowest BCUT2D eigenvalue weighted by Crippen LogP contribution is -2.42. The zero-order chi connectivity index (χ0) is 14.8. The van der Waals surface area contributed by atoms with Crippen LogP contribution in [0.2, 0.25) is 0 Å². The van der Waals surface area contributed by atoms with Crippen molar-refractivity contribution in [2.45, 2.75) is 36.9 Å². The van der Waals surface area contributed by atoms with Gasteiger partial charge in [0.15, 0.2) is 5.00 Å². The highest BCUT2D eigenvalue weighted by Gasteiger charge is 2.29. The molecule has 7 nitrogen and oxygen atoms in total. The van der Waals surface area contributed by atoms with Crippen LogP contribution in [0, 0.1) is 10.1 Å². The molecule has 0 radical (unpaired) electrons. The Morgan fingerprint density at radius 3 is 2.42 bits per heavy atom. The highest BCUT2D eigenvalue weighted by atomic mass is 32.2. The highest BCUT2D eigenvalue weighted by Crippen LogP contribution is 2.36. The fraction of sp³-hybridized carbons (Fsp3) is 0.600. The lowest BCUT2D eigenvalue weighted by Gasteiger charge is -2.23. The topological polar surface area (TPSA) is 101 Å². The third-order valence-corrected chi connectivity index (χ3v) is 5.99. The fourth-order valence-corrected chi connectivity index (χ4v) is 4.06. The lowest BCUT2D eigenvalue weighted by molar-refractivity contribution is -0.383. The summed E-state index contributed by atoms with van der Waals surface area (Å²) in [6, 6.07) is 1.07. The van der Waals surface area contributed by atoms with Gasteiger partial charge in [0, 0.05) is 18.7 Å². The molecule has 0 saturated carbocycles. The van der Waals surface area contributed by atoms with Gasteiger partial charge in [-0.3, -0.25) is 10.1 Å². The summed E-state index contributed by atoms with van der Waals surface area (Å²) in [6.45, 7) is 5.37. The average molecular weight is 307 g/mol. The Labute approximate surface area is 116 Å². The first-order valence-corrected chi connectivity index (χ1v) is 7.93. The number of nitrogens with zero attached hydrogens (tertiary/aromatic N) is 1. The zero-order valence-electron chi connectivity index (χ0n) is 11.2. The van der Waals surface area contributed by atoms with E-state index in [1.165, 1.54) is 7.05 Å². The van der Waals surface area contributed by atoms with E-state index in [0.717, 1.165) is 17.4 Å². The summed E-state index contributed by atoms with van der Waals surface area (Å²) in [6.07, 6.45) is 0.610. The van der Waals surface area contributed by atoms with Crippen molar-refractivity contribution in [3.05, 3.63) is 16.2 Å². The average Bonchev–Trinajstić information content (AvgIpc) is 2.72. The Bertz CT molecular complexity index is 578. The van der Waals surface area contributed by atoms with Crippen LogP contribution < -0.4 is 10.0 Å². The molecule has 0 saturated heterocycles. The number of nitro groups is 1. The van der Waals surface area contributed by atoms with E-state index in [1.807, 2.05) is 6.92 Å². The first-order chi connectivity index (χ1) is 8.63. The summed E-state index contributed by atoms with van der Waals surface area (Å²) in [7, 11) is -2.24. The summed E-state index contributed by atoms with van der Waals surface area (Å²) in [5, 5.41) is 13.7. The summed E-state index contributed by atoms with van der Waals surface area (Å²) < 4.78 is 26.8. The lowest BCUT2D eigenvalue weighted by atomic mass is 10.0. The quantitative estimate of drug-likeness (QED) is 0.619. The van der Waals surface area contributed by atoms with Crippen LogP contribution in [-0.4, -0.2) is 25.9 Å². The highest BCUT2D eigenvalue weighted by molar-refractivity contribution is 7.91. The van der Waals surface area contributed by atoms with Crippen molar-refractivity contribution in [1.82, 2.24) is 4.72 Å². The van der Waals surface area contributed by atoms with E-state index >= 15 is 0 Å². The van der Waals surface area contributed by atoms with Crippen molar-refractivity contribution in [2.75, 3.05) is 12.4 Å². The standard InChI is InChI=1S/C10H17N3O4S2/c1-5-10(2,3)12-19(16,17)8-6-7(13(14)15)9(11-4)18-8/h6,11-12H,5H2,1-4H3. The van der Waals surface area contributed by atoms with Crippen molar-refractivity contribution in [3.8, 4) is 0 Å². The molecule has 2 N–H and O–H groups in total. The van der Waals surface area contributed by atoms with Crippen LogP contribution in [0.5, 0.6) is 0 Å². The molecule has 0 spiro atoms. The van der Waals surface area contributed by atoms with Gasteiger partial charge in [0.25, 0.3) is 10.0 Å². The van der Waals surface area contributed by atoms with Gasteiger partial charge in [-0.05, 0) is 20.3 Å². The first kappa shape index (κ1) is 15.9. The van der Waals surface area contributed by atoms with Gasteiger partial charge in [0.05, 0.1) is 4.92 Å². The van der Waals surface area contributed by atoms with E-state index in [9.17, 15) is 18.5 Å². The van der Waals surface area contributed by atoms with Crippen LogP contribution in [-0.2, 0) is 10.0 Å². The first-order valence-electron chi connectivity index (χ1n) is 5.63. The van der Waals surface area contributed by atoms with Gasteiger partial charge in [0.2, 0.25) is 0 Å². The third kappa shape index (κ3) is 3.64. The Kier molecular flexibility index (Phi) is 4.54. The fourth-order valence-electron chi connectivity index (χ4n) is 1.29. The van der Waals surface area contributed by atoms with Crippen LogP contribution in [0.4, 0.5) is 10.7 Å². The number of anilines is 1. The van der Waals surface area contributed by atoms with E-state index in [1.54, 1.807) is 13.8 Å². The van der Waals surface area contributed by atoms with Gasteiger partial charge in [-0.2, -0.15) is 0 Å². The van der Waals surface area contributed by atoms with Crippen molar-refractivity contribution in [2.24, 2.45) is 0 Å². The van der Waals surface area contributed by atoms with E-state index in [0.29, 0.717) is 6.42 Å². The SMILES string of the molecule is CCC(C)(C)NS(=O)(=O)c1cc([N+](=O)[O-])c(NC)s1. The van der Waals surface area contributed by atoms with Crippen LogP contribution in [0.25, 0.3) is 0 Å². The zero-order valence-corrected chi connectivity index (χ0v) is 12.8. The van der Waals surface area contributed by atoms with Gasteiger partial charge < -0.3 is 5.32 Å². The minimum absolute atomic E-state index is 0.0647. The van der Waals surface area contributed by atoms with Crippen LogP contribution in [0.3, 0.4) is 0 Å². The van der Waals surface area contributed by atoms with E-state index < -0.39 is 20.5 Å². The third-order valence-electron chi connectivity index (χ3n) is 2.67. The van der Waals surface area contributed by atoms with Crippen LogP contribution >= 0.6 is 11.3 Å². The van der Waals surface area contributed by atoms with Crippen molar-refractivity contribution in [1.29, 1.82) is 0 Å². The smallest absolute Gasteiger partial charge is 0.304 e. The van der Waals surface area contributed by atoms with Gasteiger partial charge in [-0.1, -0.05) is 18.3 Å². The molecular formula is C10H17N3O4S2. The number of hydrogen-bond acceptors (Lipinski definition) is 6. The van der Waals surface area contributed by atoms with Crippen LogP contribution in [0.1, 0.15) is 27.2 Å². The number of sulfonamides is 1. The summed E-state index contributed by atoms with van der Waals surface area (Å²) >= 11 is 0.843. The molecular weight excluding hydrogens is 290 g/mol. The predicted octanol–water partition coefficient (Wildman–Crippen LogP) is 2.16. The van der Waals surface area contributed by atoms with Crippen molar-refractivity contribution < 1.29 is 13.3 Å². The molecule has 0 amide bonds. The molecule has 19 heavy (non-hydrogen) atoms. The molecule has 1 aromatic rings. The molecule has 0 bridgehead atoms. The predicted molar refractivity (Wildman–Crippen MR) is 75.2 cm³/mol. The molecule has 108 valence electrons. The number of rotatable bonds is 6. The second-order valence-corrected chi connectivity index (χ2v) is 7.59. The van der Waals surface area contributed by atoms with Crippen LogP contribution in [0.15, 0.2) is 10.3 Å². The molecule has 1 heterocycles. The summed E-state index contributed by atoms with van der Waals surface area (Å²) in [4.78, 5) is 10.2. The minimum Gasteiger partial charge on any atom is -0.374 e. The monoisotopic (exact) mass is 307 g/mol. The second kappa shape index (κ2) is 5.43. The number of thiophene rings is 1. The maximum atomic E-state index is 12.2. The number of nitrogens with one attached hydrogen (secondary N) is 2. The number of hydrogen-bond donors (Lipinski definition) is 2. The van der Waals surface area contributed by atoms with Gasteiger partial charge in [0.1, 0.15) is 4.21 Å². The van der Waals surface area contributed by atoms with Gasteiger partial charge in [-0.15, -0.1) is 0 Å². The Morgan fingerprint density at radius 2 is 2.05 bits per heavy atom.